The maximum atomic E-state index is 12.9. The molecule has 1 atom stereocenters. The van der Waals surface area contributed by atoms with Gasteiger partial charge in [-0.05, 0) is 17.7 Å². The summed E-state index contributed by atoms with van der Waals surface area (Å²) in [5.41, 5.74) is 0.764. The van der Waals surface area contributed by atoms with E-state index in [1.54, 1.807) is 12.1 Å². The first-order chi connectivity index (χ1) is 8.13. The van der Waals surface area contributed by atoms with E-state index >= 15 is 0 Å². The standard InChI is InChI=1S/C12H12FNO3/c13-9-3-1-2-8(4-9)5-11-14-7-10(17-11)6-12(15)16/h1-4,10H,5-7H2,(H,15,16). The monoisotopic (exact) mass is 237 g/mol. The number of aliphatic carboxylic acids is 1. The van der Waals surface area contributed by atoms with Crippen molar-refractivity contribution in [2.75, 3.05) is 6.54 Å². The van der Waals surface area contributed by atoms with Crippen LogP contribution >= 0.6 is 0 Å². The van der Waals surface area contributed by atoms with E-state index in [4.69, 9.17) is 9.84 Å². The molecule has 1 unspecified atom stereocenters. The molecule has 0 bridgehead atoms. The molecule has 0 saturated carbocycles. The van der Waals surface area contributed by atoms with Crippen molar-refractivity contribution in [3.63, 3.8) is 0 Å². The topological polar surface area (TPSA) is 58.9 Å². The molecule has 1 heterocycles. The predicted octanol–water partition coefficient (Wildman–Crippen LogP) is 1.64. The van der Waals surface area contributed by atoms with Gasteiger partial charge < -0.3 is 9.84 Å². The molecule has 2 rings (SSSR count). The second kappa shape index (κ2) is 4.95. The maximum Gasteiger partial charge on any atom is 0.307 e. The van der Waals surface area contributed by atoms with Gasteiger partial charge in [0.05, 0.1) is 13.0 Å². The third-order valence-corrected chi connectivity index (χ3v) is 2.42. The van der Waals surface area contributed by atoms with Crippen LogP contribution in [0.4, 0.5) is 4.39 Å². The van der Waals surface area contributed by atoms with Crippen molar-refractivity contribution in [2.24, 2.45) is 4.99 Å². The first kappa shape index (κ1) is 11.6. The highest BCUT2D eigenvalue weighted by atomic mass is 19.1. The number of rotatable bonds is 4. The fourth-order valence-electron chi connectivity index (χ4n) is 1.69. The smallest absolute Gasteiger partial charge is 0.307 e. The van der Waals surface area contributed by atoms with Gasteiger partial charge in [0, 0.05) is 6.42 Å². The molecule has 0 aliphatic carbocycles. The van der Waals surface area contributed by atoms with Crippen molar-refractivity contribution in [1.29, 1.82) is 0 Å². The molecule has 0 amide bonds. The molecule has 4 nitrogen and oxygen atoms in total. The van der Waals surface area contributed by atoms with Crippen LogP contribution < -0.4 is 0 Å². The van der Waals surface area contributed by atoms with E-state index < -0.39 is 12.1 Å². The first-order valence-corrected chi connectivity index (χ1v) is 5.29. The van der Waals surface area contributed by atoms with Crippen molar-refractivity contribution in [3.05, 3.63) is 35.6 Å². The SMILES string of the molecule is O=C(O)CC1CN=C(Cc2cccc(F)c2)O1. The number of carboxylic acids is 1. The maximum absolute atomic E-state index is 12.9. The number of ether oxygens (including phenoxy) is 1. The highest BCUT2D eigenvalue weighted by Gasteiger charge is 2.22. The van der Waals surface area contributed by atoms with Crippen molar-refractivity contribution >= 4 is 11.9 Å². The lowest BCUT2D eigenvalue weighted by Gasteiger charge is -2.08. The fourth-order valence-corrected chi connectivity index (χ4v) is 1.69. The molecule has 0 saturated heterocycles. The van der Waals surface area contributed by atoms with Gasteiger partial charge in [-0.2, -0.15) is 0 Å². The van der Waals surface area contributed by atoms with E-state index in [0.29, 0.717) is 18.9 Å². The number of benzene rings is 1. The predicted molar refractivity (Wildman–Crippen MR) is 59.5 cm³/mol. The van der Waals surface area contributed by atoms with Crippen LogP contribution in [-0.2, 0) is 16.0 Å². The Morgan fingerprint density at radius 1 is 1.59 bits per heavy atom. The van der Waals surface area contributed by atoms with E-state index in [1.807, 2.05) is 0 Å². The van der Waals surface area contributed by atoms with Crippen LogP contribution in [0.2, 0.25) is 0 Å². The van der Waals surface area contributed by atoms with Crippen molar-refractivity contribution in [3.8, 4) is 0 Å². The molecule has 0 aromatic heterocycles. The number of carbonyl (C=O) groups is 1. The minimum absolute atomic E-state index is 0.0594. The van der Waals surface area contributed by atoms with Crippen LogP contribution in [0.5, 0.6) is 0 Å². The van der Waals surface area contributed by atoms with E-state index in [1.165, 1.54) is 12.1 Å². The summed E-state index contributed by atoms with van der Waals surface area (Å²) in [5, 5.41) is 8.61. The average Bonchev–Trinajstić information content (AvgIpc) is 2.64. The summed E-state index contributed by atoms with van der Waals surface area (Å²) < 4.78 is 18.3. The summed E-state index contributed by atoms with van der Waals surface area (Å²) in [4.78, 5) is 14.6. The molecule has 17 heavy (non-hydrogen) atoms. The quantitative estimate of drug-likeness (QED) is 0.866. The highest BCUT2D eigenvalue weighted by molar-refractivity contribution is 5.80. The Balaban J connectivity index is 1.91. The third-order valence-electron chi connectivity index (χ3n) is 2.42. The zero-order valence-electron chi connectivity index (χ0n) is 9.10. The summed E-state index contributed by atoms with van der Waals surface area (Å²) in [5.74, 6) is -0.734. The molecular weight excluding hydrogens is 225 g/mol. The molecule has 1 aliphatic heterocycles. The van der Waals surface area contributed by atoms with Gasteiger partial charge in [0.1, 0.15) is 11.9 Å². The van der Waals surface area contributed by atoms with Crippen LogP contribution in [0.25, 0.3) is 0 Å². The summed E-state index contributed by atoms with van der Waals surface area (Å²) in [7, 11) is 0. The number of hydrogen-bond donors (Lipinski definition) is 1. The van der Waals surface area contributed by atoms with Gasteiger partial charge in [0.25, 0.3) is 0 Å². The fraction of sp³-hybridized carbons (Fsp3) is 0.333. The molecule has 1 aromatic carbocycles. The summed E-state index contributed by atoms with van der Waals surface area (Å²) in [6.07, 6.45) is -0.0552. The zero-order valence-corrected chi connectivity index (χ0v) is 9.10. The van der Waals surface area contributed by atoms with Crippen LogP contribution in [0, 0.1) is 5.82 Å². The first-order valence-electron chi connectivity index (χ1n) is 5.29. The molecule has 1 aliphatic rings. The van der Waals surface area contributed by atoms with Gasteiger partial charge in [-0.25, -0.2) is 4.39 Å². The Kier molecular flexibility index (Phi) is 3.37. The van der Waals surface area contributed by atoms with Crippen LogP contribution in [0.1, 0.15) is 12.0 Å². The van der Waals surface area contributed by atoms with Crippen LogP contribution in [-0.4, -0.2) is 29.6 Å². The molecule has 0 spiro atoms. The lowest BCUT2D eigenvalue weighted by Crippen LogP contribution is -2.18. The zero-order chi connectivity index (χ0) is 12.3. The summed E-state index contributed by atoms with van der Waals surface area (Å²) >= 11 is 0. The number of aliphatic imine (C=N–C) groups is 1. The Morgan fingerprint density at radius 3 is 3.12 bits per heavy atom. The van der Waals surface area contributed by atoms with Gasteiger partial charge in [-0.3, -0.25) is 9.79 Å². The largest absolute Gasteiger partial charge is 0.481 e. The summed E-state index contributed by atoms with van der Waals surface area (Å²) in [6, 6.07) is 6.18. The van der Waals surface area contributed by atoms with E-state index in [0.717, 1.165) is 5.56 Å². The van der Waals surface area contributed by atoms with Gasteiger partial charge in [-0.1, -0.05) is 12.1 Å². The Hall–Kier alpha value is -1.91. The molecule has 90 valence electrons. The van der Waals surface area contributed by atoms with E-state index in [2.05, 4.69) is 4.99 Å². The molecule has 1 N–H and O–H groups in total. The van der Waals surface area contributed by atoms with Gasteiger partial charge in [0.2, 0.25) is 0 Å². The molecule has 5 heteroatoms. The lowest BCUT2D eigenvalue weighted by molar-refractivity contribution is -0.138. The molecule has 0 fully saturated rings. The summed E-state index contributed by atoms with van der Waals surface area (Å²) in [6.45, 7) is 0.358. The molecule has 0 radical (unpaired) electrons. The van der Waals surface area contributed by atoms with Gasteiger partial charge in [-0.15, -0.1) is 0 Å². The normalized spacial score (nSPS) is 18.6. The van der Waals surface area contributed by atoms with Gasteiger partial charge >= 0.3 is 5.97 Å². The minimum atomic E-state index is -0.905. The molecule has 1 aromatic rings. The van der Waals surface area contributed by atoms with Crippen molar-refractivity contribution < 1.29 is 19.0 Å². The van der Waals surface area contributed by atoms with E-state index in [-0.39, 0.29) is 12.2 Å². The van der Waals surface area contributed by atoms with Gasteiger partial charge in [0.15, 0.2) is 5.90 Å². The number of halogens is 1. The second-order valence-corrected chi connectivity index (χ2v) is 3.88. The Labute approximate surface area is 97.7 Å². The minimum Gasteiger partial charge on any atom is -0.481 e. The number of hydrogen-bond acceptors (Lipinski definition) is 3. The lowest BCUT2D eigenvalue weighted by atomic mass is 10.1. The third kappa shape index (κ3) is 3.27. The number of carboxylic acid groups (broad SMARTS) is 1. The Morgan fingerprint density at radius 2 is 2.41 bits per heavy atom. The number of nitrogens with zero attached hydrogens (tertiary/aromatic N) is 1. The van der Waals surface area contributed by atoms with Crippen LogP contribution in [0.3, 0.4) is 0 Å². The Bertz CT molecular complexity index is 459. The average molecular weight is 237 g/mol. The van der Waals surface area contributed by atoms with E-state index in [9.17, 15) is 9.18 Å². The highest BCUT2D eigenvalue weighted by Crippen LogP contribution is 2.13. The van der Waals surface area contributed by atoms with Crippen LogP contribution in [0.15, 0.2) is 29.3 Å². The second-order valence-electron chi connectivity index (χ2n) is 3.88. The van der Waals surface area contributed by atoms with Crippen molar-refractivity contribution in [1.82, 2.24) is 0 Å². The molecular formula is C12H12FNO3. The van der Waals surface area contributed by atoms with Crippen molar-refractivity contribution in [2.45, 2.75) is 18.9 Å².